The van der Waals surface area contributed by atoms with Crippen LogP contribution in [0.5, 0.6) is 0 Å². The van der Waals surface area contributed by atoms with Gasteiger partial charge in [-0.1, -0.05) is 14.4 Å². The van der Waals surface area contributed by atoms with Crippen LogP contribution in [-0.4, -0.2) is 4.57 Å². The summed E-state index contributed by atoms with van der Waals surface area (Å²) < 4.78 is 13.4. The van der Waals surface area contributed by atoms with E-state index in [2.05, 4.69) is 49.5 Å². The van der Waals surface area contributed by atoms with Crippen molar-refractivity contribution >= 4 is 28.1 Å². The van der Waals surface area contributed by atoms with Gasteiger partial charge in [0.1, 0.15) is 11.5 Å². The summed E-state index contributed by atoms with van der Waals surface area (Å²) in [6.07, 6.45) is 10.5. The first-order valence-electron chi connectivity index (χ1n) is 9.82. The van der Waals surface area contributed by atoms with Gasteiger partial charge in [0.05, 0.1) is 31.0 Å². The van der Waals surface area contributed by atoms with Crippen LogP contribution in [0.3, 0.4) is 0 Å². The van der Waals surface area contributed by atoms with E-state index in [0.717, 1.165) is 24.4 Å². The topological polar surface area (TPSA) is 87.5 Å². The Kier molecular flexibility index (Phi) is 14.6. The molecule has 0 bridgehead atoms. The molecule has 3 aromatic heterocycles. The molecule has 176 valence electrons. The quantitative estimate of drug-likeness (QED) is 0.190. The Balaban J connectivity index is 0.000000624. The lowest BCUT2D eigenvalue weighted by molar-refractivity contribution is 0.531. The molecule has 0 aromatic carbocycles. The number of aromatic nitrogens is 1. The number of aryl methyl sites for hydroxylation is 1. The molecular formula is C27H24BrN5O2. The number of rotatable bonds is 5. The zero-order chi connectivity index (χ0) is 25.3. The van der Waals surface area contributed by atoms with Crippen LogP contribution in [-0.2, 0) is 6.54 Å². The average Bonchev–Trinajstić information content (AvgIpc) is 3.58. The minimum Gasteiger partial charge on any atom is -0.456 e. The maximum absolute atomic E-state index is 8.71. The monoisotopic (exact) mass is 529 g/mol. The molecule has 0 fully saturated rings. The Morgan fingerprint density at radius 2 is 1.60 bits per heavy atom. The Labute approximate surface area is 215 Å². The van der Waals surface area contributed by atoms with Gasteiger partial charge in [0.15, 0.2) is 10.4 Å². The number of terminal acetylenes is 1. The zero-order valence-corrected chi connectivity index (χ0v) is 20.2. The minimum atomic E-state index is 0. The highest BCUT2D eigenvalue weighted by Gasteiger charge is 2.08. The highest BCUT2D eigenvalue weighted by atomic mass is 79.9. The van der Waals surface area contributed by atoms with Gasteiger partial charge in [-0.15, -0.1) is 12.3 Å². The van der Waals surface area contributed by atoms with Gasteiger partial charge in [-0.05, 0) is 77.8 Å². The Hall–Kier alpha value is -4.68. The molecule has 0 saturated heterocycles. The van der Waals surface area contributed by atoms with Crippen LogP contribution in [0.1, 0.15) is 39.2 Å². The molecule has 3 rings (SSSR count). The fourth-order valence-corrected chi connectivity index (χ4v) is 2.82. The molecule has 0 aliphatic heterocycles. The fraction of sp³-hybridized carbons (Fsp3) is 0.185. The summed E-state index contributed by atoms with van der Waals surface area (Å²) in [6, 6.07) is 14.5. The van der Waals surface area contributed by atoms with Crippen LogP contribution in [0.25, 0.3) is 33.3 Å². The molecule has 3 heterocycles. The molecule has 35 heavy (non-hydrogen) atoms. The number of nitrogens with zero attached hydrogens (tertiary/aromatic N) is 5. The lowest BCUT2D eigenvalue weighted by Crippen LogP contribution is -1.96. The first-order chi connectivity index (χ1) is 16.5. The lowest BCUT2D eigenvalue weighted by Gasteiger charge is -2.04. The molecule has 0 aliphatic rings. The fourth-order valence-electron chi connectivity index (χ4n) is 2.50. The van der Waals surface area contributed by atoms with Crippen molar-refractivity contribution in [3.63, 3.8) is 0 Å². The third kappa shape index (κ3) is 10.2. The van der Waals surface area contributed by atoms with Crippen molar-refractivity contribution in [1.29, 1.82) is 10.5 Å². The highest BCUT2D eigenvalue weighted by Crippen LogP contribution is 2.24. The molecule has 0 N–H and O–H groups in total. The Bertz CT molecular complexity index is 1320. The lowest BCUT2D eigenvalue weighted by atomic mass is 10.3. The average molecular weight is 530 g/mol. The molecule has 0 amide bonds. The molecule has 0 aliphatic carbocycles. The van der Waals surface area contributed by atoms with Gasteiger partial charge in [-0.3, -0.25) is 0 Å². The van der Waals surface area contributed by atoms with Gasteiger partial charge in [-0.2, -0.15) is 0 Å². The summed E-state index contributed by atoms with van der Waals surface area (Å²) in [5, 5.41) is 17.1. The molecule has 0 radical (unpaired) electrons. The number of hydrogen-bond donors (Lipinski definition) is 0. The van der Waals surface area contributed by atoms with Gasteiger partial charge in [0.25, 0.3) is 11.4 Å². The second-order valence-corrected chi connectivity index (χ2v) is 7.01. The van der Waals surface area contributed by atoms with Crippen LogP contribution in [0.4, 0.5) is 0 Å². The van der Waals surface area contributed by atoms with Crippen LogP contribution in [0, 0.1) is 48.2 Å². The van der Waals surface area contributed by atoms with Gasteiger partial charge in [0.2, 0.25) is 0 Å². The first-order valence-corrected chi connectivity index (χ1v) is 10.6. The van der Waals surface area contributed by atoms with Crippen LogP contribution in [0.2, 0.25) is 0 Å². The maximum Gasteiger partial charge on any atom is 0.265 e. The largest absolute Gasteiger partial charge is 0.456 e. The predicted molar refractivity (Wildman–Crippen MR) is 140 cm³/mol. The van der Waals surface area contributed by atoms with Crippen molar-refractivity contribution < 1.29 is 8.83 Å². The maximum atomic E-state index is 8.71. The van der Waals surface area contributed by atoms with Crippen molar-refractivity contribution in [3.8, 4) is 35.9 Å². The third-order valence-corrected chi connectivity index (χ3v) is 4.22. The number of furan rings is 2. The number of hydrogen-bond acceptors (Lipinski definition) is 4. The molecule has 0 atom stereocenters. The summed E-state index contributed by atoms with van der Waals surface area (Å²) >= 11 is 3.11. The summed E-state index contributed by atoms with van der Waals surface area (Å²) in [6.45, 7) is 18.1. The van der Waals surface area contributed by atoms with Crippen molar-refractivity contribution in [2.24, 2.45) is 0 Å². The van der Waals surface area contributed by atoms with E-state index >= 15 is 0 Å². The Morgan fingerprint density at radius 1 is 1.06 bits per heavy atom. The molecule has 0 spiro atoms. The van der Waals surface area contributed by atoms with E-state index < -0.39 is 0 Å². The SMILES string of the molecule is C.C#CC.[C-]#[N+]/C(C#N)=C\c1ccc(-c2cccn2CCC)o1.[C-]#[N+]/C(C#N)=C\c1ccc(Br)o1. The number of halogens is 1. The molecular weight excluding hydrogens is 506 g/mol. The van der Waals surface area contributed by atoms with E-state index in [0.29, 0.717) is 16.2 Å². The molecule has 3 aromatic rings. The molecule has 7 nitrogen and oxygen atoms in total. The summed E-state index contributed by atoms with van der Waals surface area (Å²) in [5.41, 5.74) is 1.03. The van der Waals surface area contributed by atoms with E-state index in [1.54, 1.807) is 31.2 Å². The number of allylic oxidation sites excluding steroid dienone is 2. The van der Waals surface area contributed by atoms with Gasteiger partial charge >= 0.3 is 0 Å². The van der Waals surface area contributed by atoms with Crippen molar-refractivity contribution in [3.05, 3.63) is 93.0 Å². The second-order valence-electron chi connectivity index (χ2n) is 6.23. The van der Waals surface area contributed by atoms with E-state index in [9.17, 15) is 0 Å². The van der Waals surface area contributed by atoms with Gasteiger partial charge in [-0.25, -0.2) is 20.2 Å². The highest BCUT2D eigenvalue weighted by molar-refractivity contribution is 9.10. The normalized spacial score (nSPS) is 9.77. The smallest absolute Gasteiger partial charge is 0.265 e. The predicted octanol–water partition coefficient (Wildman–Crippen LogP) is 8.04. The second kappa shape index (κ2) is 16.9. The van der Waals surface area contributed by atoms with E-state index in [-0.39, 0.29) is 18.8 Å². The van der Waals surface area contributed by atoms with E-state index in [1.807, 2.05) is 30.5 Å². The van der Waals surface area contributed by atoms with Gasteiger partial charge in [0, 0.05) is 12.7 Å². The van der Waals surface area contributed by atoms with Crippen LogP contribution < -0.4 is 0 Å². The van der Waals surface area contributed by atoms with Crippen molar-refractivity contribution in [2.75, 3.05) is 0 Å². The first kappa shape index (κ1) is 30.3. The van der Waals surface area contributed by atoms with E-state index in [4.69, 9.17) is 32.5 Å². The van der Waals surface area contributed by atoms with Gasteiger partial charge < -0.3 is 13.4 Å². The standard InChI is InChI=1S/C15H13N3O.C8H3BrN2O.C3H4.CH4/c1-3-8-18-9-4-5-14(18)15-7-6-13(19-15)10-12(11-16)17-2;1-11-6(5-10)4-7-2-3-8(9)12-7;1-3-2;/h4-7,9-10H,3,8H2,1H3;2-4H;1H,2H3;1H4/b12-10-;6-4-;;. The molecule has 8 heteroatoms. The molecule has 0 saturated carbocycles. The zero-order valence-electron chi connectivity index (χ0n) is 18.6. The van der Waals surface area contributed by atoms with Crippen molar-refractivity contribution in [2.45, 2.75) is 34.2 Å². The molecule has 0 unspecified atom stereocenters. The minimum absolute atomic E-state index is 0. The third-order valence-electron chi connectivity index (χ3n) is 3.80. The summed E-state index contributed by atoms with van der Waals surface area (Å²) in [5.74, 6) is 4.01. The van der Waals surface area contributed by atoms with Crippen molar-refractivity contribution in [1.82, 2.24) is 4.57 Å². The van der Waals surface area contributed by atoms with Crippen LogP contribution >= 0.6 is 15.9 Å². The Morgan fingerprint density at radius 3 is 2.06 bits per heavy atom. The van der Waals surface area contributed by atoms with Crippen LogP contribution in [0.15, 0.2) is 67.5 Å². The summed E-state index contributed by atoms with van der Waals surface area (Å²) in [7, 11) is 0. The number of nitriles is 2. The summed E-state index contributed by atoms with van der Waals surface area (Å²) in [4.78, 5) is 6.09. The van der Waals surface area contributed by atoms with E-state index in [1.165, 1.54) is 12.2 Å².